The highest BCUT2D eigenvalue weighted by Crippen LogP contribution is 2.27. The van der Waals surface area contributed by atoms with Gasteiger partial charge in [-0.1, -0.05) is 0 Å². The summed E-state index contributed by atoms with van der Waals surface area (Å²) >= 11 is 0. The minimum absolute atomic E-state index is 0.0817. The van der Waals surface area contributed by atoms with Gasteiger partial charge in [-0.25, -0.2) is 19.9 Å². The minimum Gasteiger partial charge on any atom is -0.324 e. The van der Waals surface area contributed by atoms with Crippen LogP contribution >= 0.6 is 0 Å². The van der Waals surface area contributed by atoms with Gasteiger partial charge >= 0.3 is 0 Å². The van der Waals surface area contributed by atoms with Crippen molar-refractivity contribution in [2.45, 2.75) is 25.3 Å². The Morgan fingerprint density at radius 2 is 2.24 bits per heavy atom. The highest BCUT2D eigenvalue weighted by Gasteiger charge is 2.19. The van der Waals surface area contributed by atoms with Crippen molar-refractivity contribution in [3.05, 3.63) is 36.0 Å². The number of nitrogens with zero attached hydrogens (tertiary/aromatic N) is 4. The first-order valence-electron chi connectivity index (χ1n) is 5.72. The zero-order valence-electron chi connectivity index (χ0n) is 9.37. The molecule has 2 N–H and O–H groups in total. The van der Waals surface area contributed by atoms with E-state index in [0.29, 0.717) is 5.82 Å². The lowest BCUT2D eigenvalue weighted by Gasteiger charge is -2.20. The van der Waals surface area contributed by atoms with Crippen LogP contribution in [0.4, 0.5) is 0 Å². The second kappa shape index (κ2) is 4.18. The molecule has 1 aliphatic carbocycles. The SMILES string of the molecule is NC1CCCc2nc(-c3ccncn3)ncc21. The van der Waals surface area contributed by atoms with Crippen molar-refractivity contribution in [2.24, 2.45) is 5.73 Å². The topological polar surface area (TPSA) is 77.6 Å². The molecule has 0 aliphatic heterocycles. The number of hydrogen-bond acceptors (Lipinski definition) is 5. The van der Waals surface area contributed by atoms with Crippen LogP contribution in [0.5, 0.6) is 0 Å². The van der Waals surface area contributed by atoms with Crippen LogP contribution in [0.2, 0.25) is 0 Å². The third-order valence-electron chi connectivity index (χ3n) is 3.04. The third-order valence-corrected chi connectivity index (χ3v) is 3.04. The van der Waals surface area contributed by atoms with E-state index >= 15 is 0 Å². The maximum absolute atomic E-state index is 6.03. The van der Waals surface area contributed by atoms with Crippen LogP contribution in [0, 0.1) is 0 Å². The predicted molar refractivity (Wildman–Crippen MR) is 62.9 cm³/mol. The normalized spacial score (nSPS) is 18.8. The van der Waals surface area contributed by atoms with E-state index in [1.807, 2.05) is 12.3 Å². The Hall–Kier alpha value is -1.88. The zero-order chi connectivity index (χ0) is 11.7. The molecule has 3 rings (SSSR count). The van der Waals surface area contributed by atoms with E-state index in [2.05, 4.69) is 19.9 Å². The number of fused-ring (bicyclic) bond motifs is 1. The monoisotopic (exact) mass is 227 g/mol. The maximum Gasteiger partial charge on any atom is 0.178 e. The van der Waals surface area contributed by atoms with Gasteiger partial charge in [0.1, 0.15) is 12.0 Å². The molecule has 0 aromatic carbocycles. The fourth-order valence-corrected chi connectivity index (χ4v) is 2.13. The van der Waals surface area contributed by atoms with Crippen molar-refractivity contribution in [1.29, 1.82) is 0 Å². The lowest BCUT2D eigenvalue weighted by atomic mass is 9.93. The predicted octanol–water partition coefficient (Wildman–Crippen LogP) is 1.27. The summed E-state index contributed by atoms with van der Waals surface area (Å²) < 4.78 is 0. The third kappa shape index (κ3) is 1.89. The van der Waals surface area contributed by atoms with Crippen LogP contribution in [-0.4, -0.2) is 19.9 Å². The molecule has 1 unspecified atom stereocenters. The molecule has 0 fully saturated rings. The number of aromatic nitrogens is 4. The van der Waals surface area contributed by atoms with Crippen LogP contribution in [0.3, 0.4) is 0 Å². The second-order valence-electron chi connectivity index (χ2n) is 4.19. The average Bonchev–Trinajstić information content (AvgIpc) is 2.40. The summed E-state index contributed by atoms with van der Waals surface area (Å²) in [5.41, 5.74) is 8.92. The van der Waals surface area contributed by atoms with Gasteiger partial charge in [-0.3, -0.25) is 0 Å². The maximum atomic E-state index is 6.03. The molecule has 2 aromatic heterocycles. The van der Waals surface area contributed by atoms with Crippen molar-refractivity contribution in [1.82, 2.24) is 19.9 Å². The average molecular weight is 227 g/mol. The van der Waals surface area contributed by atoms with E-state index in [1.54, 1.807) is 6.20 Å². The summed E-state index contributed by atoms with van der Waals surface area (Å²) in [4.78, 5) is 16.9. The highest BCUT2D eigenvalue weighted by molar-refractivity contribution is 5.48. The largest absolute Gasteiger partial charge is 0.324 e. The van der Waals surface area contributed by atoms with Crippen LogP contribution in [-0.2, 0) is 6.42 Å². The molecule has 0 saturated heterocycles. The van der Waals surface area contributed by atoms with Crippen LogP contribution in [0.25, 0.3) is 11.5 Å². The van der Waals surface area contributed by atoms with Gasteiger partial charge in [0.25, 0.3) is 0 Å². The van der Waals surface area contributed by atoms with Crippen molar-refractivity contribution in [2.75, 3.05) is 0 Å². The van der Waals surface area contributed by atoms with Gasteiger partial charge < -0.3 is 5.73 Å². The molecule has 1 atom stereocenters. The lowest BCUT2D eigenvalue weighted by molar-refractivity contribution is 0.557. The minimum atomic E-state index is 0.0817. The summed E-state index contributed by atoms with van der Waals surface area (Å²) in [7, 11) is 0. The zero-order valence-corrected chi connectivity index (χ0v) is 9.37. The molecule has 86 valence electrons. The van der Waals surface area contributed by atoms with E-state index < -0.39 is 0 Å². The van der Waals surface area contributed by atoms with Gasteiger partial charge in [0.05, 0.1) is 0 Å². The fraction of sp³-hybridized carbons (Fsp3) is 0.333. The van der Waals surface area contributed by atoms with Crippen molar-refractivity contribution >= 4 is 0 Å². The standard InChI is InChI=1S/C12H13N5/c13-9-2-1-3-10-8(9)6-15-12(17-10)11-4-5-14-7-16-11/h4-7,9H,1-3,13H2. The number of rotatable bonds is 1. The summed E-state index contributed by atoms with van der Waals surface area (Å²) in [6.07, 6.45) is 8.12. The molecule has 2 aromatic rings. The van der Waals surface area contributed by atoms with Crippen molar-refractivity contribution < 1.29 is 0 Å². The molecule has 5 nitrogen and oxygen atoms in total. The molecule has 1 aliphatic rings. The lowest BCUT2D eigenvalue weighted by Crippen LogP contribution is -2.19. The van der Waals surface area contributed by atoms with Gasteiger partial charge in [0.2, 0.25) is 0 Å². The Morgan fingerprint density at radius 3 is 3.06 bits per heavy atom. The Kier molecular flexibility index (Phi) is 2.53. The Bertz CT molecular complexity index is 526. The summed E-state index contributed by atoms with van der Waals surface area (Å²) in [6.45, 7) is 0. The number of hydrogen-bond donors (Lipinski definition) is 1. The first-order chi connectivity index (χ1) is 8.34. The van der Waals surface area contributed by atoms with E-state index in [9.17, 15) is 0 Å². The molecule has 2 heterocycles. The smallest absolute Gasteiger partial charge is 0.178 e. The van der Waals surface area contributed by atoms with Gasteiger partial charge in [-0.05, 0) is 25.3 Å². The summed E-state index contributed by atoms with van der Waals surface area (Å²) in [5.74, 6) is 0.653. The van der Waals surface area contributed by atoms with E-state index in [0.717, 1.165) is 36.2 Å². The quantitative estimate of drug-likeness (QED) is 0.793. The second-order valence-corrected chi connectivity index (χ2v) is 4.19. The van der Waals surface area contributed by atoms with Crippen LogP contribution in [0.15, 0.2) is 24.8 Å². The van der Waals surface area contributed by atoms with Gasteiger partial charge in [0, 0.05) is 29.7 Å². The molecule has 0 saturated carbocycles. The molecule has 17 heavy (non-hydrogen) atoms. The molecular formula is C12H13N5. The fourth-order valence-electron chi connectivity index (χ4n) is 2.13. The van der Waals surface area contributed by atoms with Crippen LogP contribution in [0.1, 0.15) is 30.1 Å². The number of aryl methyl sites for hydroxylation is 1. The molecule has 0 amide bonds. The summed E-state index contributed by atoms with van der Waals surface area (Å²) in [6, 6.07) is 1.89. The molecular weight excluding hydrogens is 214 g/mol. The highest BCUT2D eigenvalue weighted by atomic mass is 14.9. The van der Waals surface area contributed by atoms with Crippen molar-refractivity contribution in [3.8, 4) is 11.5 Å². The summed E-state index contributed by atoms with van der Waals surface area (Å²) in [5, 5.41) is 0. The van der Waals surface area contributed by atoms with Gasteiger partial charge in [0.15, 0.2) is 5.82 Å². The molecule has 0 radical (unpaired) electrons. The van der Waals surface area contributed by atoms with Gasteiger partial charge in [-0.15, -0.1) is 0 Å². The molecule has 5 heteroatoms. The first-order valence-corrected chi connectivity index (χ1v) is 5.72. The molecule has 0 bridgehead atoms. The number of nitrogens with two attached hydrogens (primary N) is 1. The Balaban J connectivity index is 2.04. The van der Waals surface area contributed by atoms with E-state index in [1.165, 1.54) is 6.33 Å². The van der Waals surface area contributed by atoms with Crippen molar-refractivity contribution in [3.63, 3.8) is 0 Å². The van der Waals surface area contributed by atoms with Gasteiger partial charge in [-0.2, -0.15) is 0 Å². The van der Waals surface area contributed by atoms with E-state index in [4.69, 9.17) is 5.73 Å². The van der Waals surface area contributed by atoms with Crippen LogP contribution < -0.4 is 5.73 Å². The van der Waals surface area contributed by atoms with E-state index in [-0.39, 0.29) is 6.04 Å². The Morgan fingerprint density at radius 1 is 1.29 bits per heavy atom. The Labute approximate surface area is 99.2 Å². The first kappa shape index (κ1) is 10.3. The molecule has 0 spiro atoms.